The summed E-state index contributed by atoms with van der Waals surface area (Å²) >= 11 is 0. The van der Waals surface area contributed by atoms with E-state index in [1.54, 1.807) is 59.1 Å². The van der Waals surface area contributed by atoms with E-state index in [4.69, 9.17) is 6.57 Å². The lowest BCUT2D eigenvalue weighted by Crippen LogP contribution is -2.44. The molecule has 2 rings (SSSR count). The van der Waals surface area contributed by atoms with Crippen molar-refractivity contribution in [3.05, 3.63) is 64.8 Å². The number of halogens is 1. The minimum Gasteiger partial charge on any atom is -0.372 e. The maximum Gasteiger partial charge on any atom is 0.256 e. The number of carbonyl (C=O) groups excluding carboxylic acids is 2. The quantitative estimate of drug-likeness (QED) is 0.761. The van der Waals surface area contributed by atoms with E-state index < -0.39 is 17.3 Å². The van der Waals surface area contributed by atoms with Crippen LogP contribution in [0.25, 0.3) is 4.85 Å². The molecule has 2 amide bonds. The predicted octanol–water partition coefficient (Wildman–Crippen LogP) is 4.22. The zero-order chi connectivity index (χ0) is 21.1. The van der Waals surface area contributed by atoms with Crippen molar-refractivity contribution in [3.63, 3.8) is 0 Å². The Bertz CT molecular complexity index is 961. The van der Waals surface area contributed by atoms with Crippen LogP contribution in [0.3, 0.4) is 0 Å². The Morgan fingerprint density at radius 3 is 2.29 bits per heavy atom. The molecule has 28 heavy (non-hydrogen) atoms. The first-order valence-corrected chi connectivity index (χ1v) is 8.64. The molecule has 0 fully saturated rings. The van der Waals surface area contributed by atoms with Gasteiger partial charge in [-0.2, -0.15) is 0 Å². The van der Waals surface area contributed by atoms with E-state index >= 15 is 0 Å². The molecule has 0 heterocycles. The van der Waals surface area contributed by atoms with Crippen molar-refractivity contribution in [2.75, 3.05) is 24.7 Å². The number of benzene rings is 2. The summed E-state index contributed by atoms with van der Waals surface area (Å²) in [5.74, 6) is -1.42. The number of rotatable bonds is 5. The summed E-state index contributed by atoms with van der Waals surface area (Å²) in [5.41, 5.74) is 1.16. The van der Waals surface area contributed by atoms with Crippen molar-refractivity contribution in [3.8, 4) is 0 Å². The van der Waals surface area contributed by atoms with Crippen LogP contribution >= 0.6 is 0 Å². The van der Waals surface area contributed by atoms with E-state index in [2.05, 4.69) is 15.5 Å². The number of aryl methyl sites for hydroxylation is 1. The molecular formula is C21H23FN4O2. The third kappa shape index (κ3) is 4.65. The summed E-state index contributed by atoms with van der Waals surface area (Å²) in [6.45, 7) is 12.2. The van der Waals surface area contributed by atoms with E-state index in [0.717, 1.165) is 5.56 Å². The molecule has 0 aromatic heterocycles. The van der Waals surface area contributed by atoms with Crippen LogP contribution in [0.5, 0.6) is 0 Å². The number of anilines is 2. The van der Waals surface area contributed by atoms with E-state index in [9.17, 15) is 14.0 Å². The molecule has 0 radical (unpaired) electrons. The molecule has 0 atom stereocenters. The zero-order valence-corrected chi connectivity index (χ0v) is 16.6. The molecule has 2 N–H and O–H groups in total. The number of nitrogens with zero attached hydrogens (tertiary/aromatic N) is 2. The smallest absolute Gasteiger partial charge is 0.256 e. The van der Waals surface area contributed by atoms with Gasteiger partial charge in [-0.15, -0.1) is 0 Å². The molecule has 0 unspecified atom stereocenters. The van der Waals surface area contributed by atoms with Crippen molar-refractivity contribution < 1.29 is 14.0 Å². The van der Waals surface area contributed by atoms with Gasteiger partial charge in [0.15, 0.2) is 5.69 Å². The van der Waals surface area contributed by atoms with Gasteiger partial charge >= 0.3 is 0 Å². The normalized spacial score (nSPS) is 10.8. The Morgan fingerprint density at radius 1 is 1.11 bits per heavy atom. The molecule has 7 heteroatoms. The third-order valence-electron chi connectivity index (χ3n) is 4.21. The predicted molar refractivity (Wildman–Crippen MR) is 108 cm³/mol. The van der Waals surface area contributed by atoms with Gasteiger partial charge in [0.1, 0.15) is 11.4 Å². The molecule has 0 aliphatic rings. The van der Waals surface area contributed by atoms with E-state index in [1.807, 2.05) is 0 Å². The van der Waals surface area contributed by atoms with Crippen LogP contribution in [-0.2, 0) is 4.79 Å². The first-order chi connectivity index (χ1) is 13.0. The van der Waals surface area contributed by atoms with Crippen LogP contribution in [0.4, 0.5) is 21.5 Å². The lowest BCUT2D eigenvalue weighted by molar-refractivity contribution is -0.119. The van der Waals surface area contributed by atoms with Crippen molar-refractivity contribution in [2.45, 2.75) is 26.3 Å². The van der Waals surface area contributed by atoms with Gasteiger partial charge in [0.2, 0.25) is 5.91 Å². The Hall–Kier alpha value is -3.40. The van der Waals surface area contributed by atoms with E-state index in [1.165, 1.54) is 17.0 Å². The number of nitrogens with one attached hydrogen (secondary N) is 2. The highest BCUT2D eigenvalue weighted by Gasteiger charge is 2.28. The maximum absolute atomic E-state index is 14.3. The van der Waals surface area contributed by atoms with Crippen LogP contribution in [0, 0.1) is 19.3 Å². The Balaban J connectivity index is 2.15. The fraction of sp³-hybridized carbons (Fsp3) is 0.286. The fourth-order valence-electron chi connectivity index (χ4n) is 2.57. The van der Waals surface area contributed by atoms with Gasteiger partial charge in [0, 0.05) is 25.5 Å². The molecule has 0 aliphatic heterocycles. The number of carbonyl (C=O) groups is 2. The molecule has 0 bridgehead atoms. The lowest BCUT2D eigenvalue weighted by Gasteiger charge is -2.26. The minimum atomic E-state index is -1.05. The summed E-state index contributed by atoms with van der Waals surface area (Å²) in [7, 11) is 3.10. The maximum atomic E-state index is 14.3. The lowest BCUT2D eigenvalue weighted by atomic mass is 10.0. The molecule has 0 spiro atoms. The number of hydrogen-bond acceptors (Lipinski definition) is 3. The highest BCUT2D eigenvalue weighted by molar-refractivity contribution is 6.00. The minimum absolute atomic E-state index is 0.0341. The molecule has 0 aliphatic carbocycles. The SMILES string of the molecule is [C-]#[N+]c1ccc(NC(=O)C(C)(C)Nc2ccc(C(=O)N(C)C)c(F)c2)cc1C. The Labute approximate surface area is 164 Å². The van der Waals surface area contributed by atoms with E-state index in [0.29, 0.717) is 17.1 Å². The fourth-order valence-corrected chi connectivity index (χ4v) is 2.57. The van der Waals surface area contributed by atoms with Gasteiger partial charge in [-0.3, -0.25) is 9.59 Å². The van der Waals surface area contributed by atoms with Gasteiger partial charge in [0.25, 0.3) is 5.91 Å². The number of hydrogen-bond donors (Lipinski definition) is 2. The third-order valence-corrected chi connectivity index (χ3v) is 4.21. The van der Waals surface area contributed by atoms with Crippen molar-refractivity contribution in [1.82, 2.24) is 4.90 Å². The van der Waals surface area contributed by atoms with Crippen molar-refractivity contribution in [1.29, 1.82) is 0 Å². The molecule has 146 valence electrons. The van der Waals surface area contributed by atoms with Gasteiger partial charge in [-0.25, -0.2) is 9.24 Å². The molecule has 0 saturated heterocycles. The van der Waals surface area contributed by atoms with Crippen molar-refractivity contribution >= 4 is 28.9 Å². The second-order valence-electron chi connectivity index (χ2n) is 7.21. The first-order valence-electron chi connectivity index (χ1n) is 8.64. The van der Waals surface area contributed by atoms with Crippen LogP contribution in [-0.4, -0.2) is 36.3 Å². The molecule has 2 aromatic rings. The topological polar surface area (TPSA) is 65.8 Å². The molecule has 0 saturated carbocycles. The summed E-state index contributed by atoms with van der Waals surface area (Å²) in [6, 6.07) is 9.18. The zero-order valence-electron chi connectivity index (χ0n) is 16.6. The molecule has 6 nitrogen and oxygen atoms in total. The second kappa shape index (κ2) is 8.09. The first kappa shape index (κ1) is 20.9. The highest BCUT2D eigenvalue weighted by atomic mass is 19.1. The average molecular weight is 382 g/mol. The average Bonchev–Trinajstić information content (AvgIpc) is 2.61. The summed E-state index contributed by atoms with van der Waals surface area (Å²) in [4.78, 5) is 29.3. The monoisotopic (exact) mass is 382 g/mol. The number of amides is 2. The van der Waals surface area contributed by atoms with Gasteiger partial charge in [-0.1, -0.05) is 6.07 Å². The summed E-state index contributed by atoms with van der Waals surface area (Å²) in [6.07, 6.45) is 0. The Morgan fingerprint density at radius 2 is 1.75 bits per heavy atom. The molecule has 2 aromatic carbocycles. The summed E-state index contributed by atoms with van der Waals surface area (Å²) < 4.78 is 14.3. The van der Waals surface area contributed by atoms with E-state index in [-0.39, 0.29) is 11.5 Å². The largest absolute Gasteiger partial charge is 0.372 e. The van der Waals surface area contributed by atoms with Crippen molar-refractivity contribution in [2.24, 2.45) is 0 Å². The van der Waals surface area contributed by atoms with Gasteiger partial charge in [-0.05, 0) is 56.7 Å². The van der Waals surface area contributed by atoms with Gasteiger partial charge in [0.05, 0.1) is 12.1 Å². The van der Waals surface area contributed by atoms with Gasteiger partial charge < -0.3 is 15.5 Å². The van der Waals surface area contributed by atoms with Crippen LogP contribution in [0.15, 0.2) is 36.4 Å². The standard InChI is InChI=1S/C21H23FN4O2/c1-13-11-14(8-10-18(13)23-4)24-20(28)21(2,3)25-15-7-9-16(17(22)12-15)19(27)26(5)6/h7-12,25H,1-3,5-6H3,(H,24,28). The second-order valence-corrected chi connectivity index (χ2v) is 7.21. The van der Waals surface area contributed by atoms with Crippen LogP contribution in [0.1, 0.15) is 29.8 Å². The Kier molecular flexibility index (Phi) is 6.04. The summed E-state index contributed by atoms with van der Waals surface area (Å²) in [5, 5.41) is 5.78. The van der Waals surface area contributed by atoms with Crippen LogP contribution < -0.4 is 10.6 Å². The highest BCUT2D eigenvalue weighted by Crippen LogP contribution is 2.24. The van der Waals surface area contributed by atoms with Crippen LogP contribution in [0.2, 0.25) is 0 Å². The molecular weight excluding hydrogens is 359 g/mol.